The maximum atomic E-state index is 8.74. The zero-order valence-corrected chi connectivity index (χ0v) is 12.5. The molecule has 0 aliphatic heterocycles. The van der Waals surface area contributed by atoms with Gasteiger partial charge >= 0.3 is 0 Å². The molecule has 3 nitrogen and oxygen atoms in total. The standard InChI is InChI=1S/C15H17BrN2O/c1-3-9-19-15-6-5-13(16)10-12(15)11-18-14(4-2)7-8-17/h1,5-6,10,14,18H,4,7,9,11H2,2H3. The van der Waals surface area contributed by atoms with E-state index in [2.05, 4.69) is 40.2 Å². The van der Waals surface area contributed by atoms with Crippen molar-refractivity contribution in [3.05, 3.63) is 28.2 Å². The van der Waals surface area contributed by atoms with Gasteiger partial charge in [0.1, 0.15) is 12.4 Å². The molecule has 1 atom stereocenters. The number of rotatable bonds is 7. The second-order valence-electron chi connectivity index (χ2n) is 4.09. The summed E-state index contributed by atoms with van der Waals surface area (Å²) in [6.45, 7) is 2.97. The molecule has 0 fully saturated rings. The van der Waals surface area contributed by atoms with Crippen molar-refractivity contribution < 1.29 is 4.74 Å². The molecule has 0 radical (unpaired) electrons. The minimum Gasteiger partial charge on any atom is -0.481 e. The molecule has 100 valence electrons. The van der Waals surface area contributed by atoms with E-state index in [1.807, 2.05) is 18.2 Å². The quantitative estimate of drug-likeness (QED) is 0.784. The van der Waals surface area contributed by atoms with Gasteiger partial charge in [0.2, 0.25) is 0 Å². The molecule has 0 heterocycles. The number of halogens is 1. The van der Waals surface area contributed by atoms with Crippen LogP contribution in [0.25, 0.3) is 0 Å². The smallest absolute Gasteiger partial charge is 0.148 e. The van der Waals surface area contributed by atoms with Crippen LogP contribution in [0.5, 0.6) is 5.75 Å². The highest BCUT2D eigenvalue weighted by Gasteiger charge is 2.08. The molecule has 19 heavy (non-hydrogen) atoms. The molecule has 1 N–H and O–H groups in total. The molecule has 1 aromatic rings. The average Bonchev–Trinajstić information content (AvgIpc) is 2.42. The first-order chi connectivity index (χ1) is 9.21. The van der Waals surface area contributed by atoms with E-state index in [1.54, 1.807) is 0 Å². The van der Waals surface area contributed by atoms with E-state index in [1.165, 1.54) is 0 Å². The minimum atomic E-state index is 0.199. The molecular formula is C15H17BrN2O. The van der Waals surface area contributed by atoms with Crippen LogP contribution in [0, 0.1) is 23.7 Å². The summed E-state index contributed by atoms with van der Waals surface area (Å²) in [6, 6.07) is 8.19. The van der Waals surface area contributed by atoms with Gasteiger partial charge in [-0.3, -0.25) is 0 Å². The molecule has 0 amide bonds. The number of ether oxygens (including phenoxy) is 1. The molecule has 4 heteroatoms. The Hall–Kier alpha value is -1.49. The summed E-state index contributed by atoms with van der Waals surface area (Å²) in [5.41, 5.74) is 1.03. The van der Waals surface area contributed by atoms with E-state index < -0.39 is 0 Å². The zero-order chi connectivity index (χ0) is 14.1. The molecule has 1 rings (SSSR count). The molecule has 0 spiro atoms. The maximum absolute atomic E-state index is 8.74. The van der Waals surface area contributed by atoms with E-state index in [0.29, 0.717) is 13.0 Å². The molecular weight excluding hydrogens is 304 g/mol. The van der Waals surface area contributed by atoms with E-state index in [-0.39, 0.29) is 12.6 Å². The van der Waals surface area contributed by atoms with Gasteiger partial charge in [-0.05, 0) is 24.6 Å². The summed E-state index contributed by atoms with van der Waals surface area (Å²) in [4.78, 5) is 0. The first-order valence-electron chi connectivity index (χ1n) is 6.16. The van der Waals surface area contributed by atoms with Crippen LogP contribution in [0.15, 0.2) is 22.7 Å². The lowest BCUT2D eigenvalue weighted by atomic mass is 10.1. The van der Waals surface area contributed by atoms with Crippen LogP contribution in [0.1, 0.15) is 25.3 Å². The Kier molecular flexibility index (Phi) is 7.03. The Morgan fingerprint density at radius 3 is 2.95 bits per heavy atom. The lowest BCUT2D eigenvalue weighted by Crippen LogP contribution is -2.27. The van der Waals surface area contributed by atoms with Crippen molar-refractivity contribution in [2.24, 2.45) is 0 Å². The van der Waals surface area contributed by atoms with Crippen molar-refractivity contribution in [2.75, 3.05) is 6.61 Å². The zero-order valence-electron chi connectivity index (χ0n) is 10.9. The first kappa shape index (κ1) is 15.6. The fraction of sp³-hybridized carbons (Fsp3) is 0.400. The Bertz CT molecular complexity index is 488. The number of benzene rings is 1. The van der Waals surface area contributed by atoms with Gasteiger partial charge in [0.15, 0.2) is 0 Å². The van der Waals surface area contributed by atoms with Crippen molar-refractivity contribution in [3.63, 3.8) is 0 Å². The predicted octanol–water partition coefficient (Wildman–Crippen LogP) is 3.24. The lowest BCUT2D eigenvalue weighted by Gasteiger charge is -2.16. The van der Waals surface area contributed by atoms with Gasteiger partial charge in [-0.1, -0.05) is 28.8 Å². The lowest BCUT2D eigenvalue weighted by molar-refractivity contribution is 0.363. The maximum Gasteiger partial charge on any atom is 0.148 e. The van der Waals surface area contributed by atoms with E-state index in [0.717, 1.165) is 22.2 Å². The molecule has 1 unspecified atom stereocenters. The van der Waals surface area contributed by atoms with E-state index >= 15 is 0 Å². The summed E-state index contributed by atoms with van der Waals surface area (Å²) in [5, 5.41) is 12.1. The normalized spacial score (nSPS) is 11.4. The molecule has 1 aromatic carbocycles. The second-order valence-corrected chi connectivity index (χ2v) is 5.01. The fourth-order valence-corrected chi connectivity index (χ4v) is 2.08. The third-order valence-corrected chi connectivity index (χ3v) is 3.24. The molecule has 0 aromatic heterocycles. The van der Waals surface area contributed by atoms with Crippen LogP contribution in [0.4, 0.5) is 0 Å². The van der Waals surface area contributed by atoms with Crippen molar-refractivity contribution >= 4 is 15.9 Å². The van der Waals surface area contributed by atoms with Crippen molar-refractivity contribution in [1.82, 2.24) is 5.32 Å². The number of nitrogens with one attached hydrogen (secondary N) is 1. The highest BCUT2D eigenvalue weighted by atomic mass is 79.9. The molecule has 0 saturated carbocycles. The Morgan fingerprint density at radius 1 is 1.53 bits per heavy atom. The highest BCUT2D eigenvalue weighted by molar-refractivity contribution is 9.10. The molecule has 0 bridgehead atoms. The number of nitriles is 1. The Morgan fingerprint density at radius 2 is 2.32 bits per heavy atom. The monoisotopic (exact) mass is 320 g/mol. The number of terminal acetylenes is 1. The second kappa shape index (κ2) is 8.58. The first-order valence-corrected chi connectivity index (χ1v) is 6.95. The highest BCUT2D eigenvalue weighted by Crippen LogP contribution is 2.23. The largest absolute Gasteiger partial charge is 0.481 e. The van der Waals surface area contributed by atoms with Crippen LogP contribution in [0.3, 0.4) is 0 Å². The van der Waals surface area contributed by atoms with Gasteiger partial charge < -0.3 is 10.1 Å². The third kappa shape index (κ3) is 5.34. The predicted molar refractivity (Wildman–Crippen MR) is 79.6 cm³/mol. The molecule has 0 aliphatic rings. The molecule has 0 aliphatic carbocycles. The SMILES string of the molecule is C#CCOc1ccc(Br)cc1CNC(CC)CC#N. The van der Waals surface area contributed by atoms with Gasteiger partial charge in [-0.25, -0.2) is 0 Å². The van der Waals surface area contributed by atoms with E-state index in [9.17, 15) is 0 Å². The van der Waals surface area contributed by atoms with Crippen LogP contribution >= 0.6 is 15.9 Å². The van der Waals surface area contributed by atoms with Crippen LogP contribution < -0.4 is 10.1 Å². The fourth-order valence-electron chi connectivity index (χ4n) is 1.67. The Labute approximate surface area is 123 Å². The van der Waals surface area contributed by atoms with Gasteiger partial charge in [-0.2, -0.15) is 5.26 Å². The van der Waals surface area contributed by atoms with Gasteiger partial charge in [0.05, 0.1) is 12.5 Å². The van der Waals surface area contributed by atoms with Crippen LogP contribution in [-0.2, 0) is 6.54 Å². The summed E-state index contributed by atoms with van der Waals surface area (Å²) in [6.07, 6.45) is 6.63. The van der Waals surface area contributed by atoms with Gasteiger partial charge in [0, 0.05) is 22.6 Å². The number of hydrogen-bond donors (Lipinski definition) is 1. The van der Waals surface area contributed by atoms with Gasteiger partial charge in [-0.15, -0.1) is 6.42 Å². The summed E-state index contributed by atoms with van der Waals surface area (Å²) in [5.74, 6) is 3.24. The average molecular weight is 321 g/mol. The number of nitrogens with zero attached hydrogens (tertiary/aromatic N) is 1. The topological polar surface area (TPSA) is 45.0 Å². The van der Waals surface area contributed by atoms with Crippen molar-refractivity contribution in [3.8, 4) is 24.2 Å². The summed E-state index contributed by atoms with van der Waals surface area (Å²) in [7, 11) is 0. The number of hydrogen-bond acceptors (Lipinski definition) is 3. The van der Waals surface area contributed by atoms with Crippen molar-refractivity contribution in [2.45, 2.75) is 32.4 Å². The Balaban J connectivity index is 2.72. The minimum absolute atomic E-state index is 0.199. The summed E-state index contributed by atoms with van der Waals surface area (Å²) >= 11 is 3.44. The van der Waals surface area contributed by atoms with Crippen LogP contribution in [0.2, 0.25) is 0 Å². The third-order valence-electron chi connectivity index (χ3n) is 2.75. The van der Waals surface area contributed by atoms with E-state index in [4.69, 9.17) is 16.4 Å². The van der Waals surface area contributed by atoms with Gasteiger partial charge in [0.25, 0.3) is 0 Å². The van der Waals surface area contributed by atoms with Crippen LogP contribution in [-0.4, -0.2) is 12.6 Å². The van der Waals surface area contributed by atoms with Crippen molar-refractivity contribution in [1.29, 1.82) is 5.26 Å². The summed E-state index contributed by atoms with van der Waals surface area (Å²) < 4.78 is 6.50. The molecule has 0 saturated heterocycles.